The van der Waals surface area contributed by atoms with Gasteiger partial charge in [-0.2, -0.15) is 0 Å². The van der Waals surface area contributed by atoms with Gasteiger partial charge in [0.05, 0.1) is 6.04 Å². The number of aliphatic carboxylic acids is 1. The summed E-state index contributed by atoms with van der Waals surface area (Å²) in [7, 11) is 0. The number of nitrogens with one attached hydrogen (secondary N) is 4. The van der Waals surface area contributed by atoms with Gasteiger partial charge in [-0.15, -0.1) is 0 Å². The fourth-order valence-corrected chi connectivity index (χ4v) is 6.32. The fraction of sp³-hybridized carbons (Fsp3) is 0.684. The van der Waals surface area contributed by atoms with Crippen molar-refractivity contribution in [3.63, 3.8) is 0 Å². The molecule has 0 aliphatic carbocycles. The van der Waals surface area contributed by atoms with Gasteiger partial charge < -0.3 is 47.8 Å². The zero-order valence-electron chi connectivity index (χ0n) is 32.2. The van der Waals surface area contributed by atoms with Crippen LogP contribution in [0.4, 0.5) is 0 Å². The van der Waals surface area contributed by atoms with Crippen molar-refractivity contribution in [2.75, 3.05) is 13.1 Å². The molecule has 0 saturated carbocycles. The highest BCUT2D eigenvalue weighted by Gasteiger charge is 2.41. The molecule has 10 N–H and O–H groups in total. The van der Waals surface area contributed by atoms with Gasteiger partial charge in [-0.3, -0.25) is 24.0 Å². The molecule has 0 radical (unpaired) electrons. The van der Waals surface area contributed by atoms with Crippen LogP contribution in [0, 0.1) is 17.8 Å². The number of rotatable bonds is 22. The molecule has 2 rings (SSSR count). The Bertz CT molecular complexity index is 1370. The Labute approximate surface area is 313 Å². The van der Waals surface area contributed by atoms with Crippen LogP contribution in [-0.4, -0.2) is 100.0 Å². The first-order valence-electron chi connectivity index (χ1n) is 19.0. The molecule has 53 heavy (non-hydrogen) atoms. The third kappa shape index (κ3) is 13.9. The van der Waals surface area contributed by atoms with E-state index in [1.165, 1.54) is 17.0 Å². The highest BCUT2D eigenvalue weighted by Crippen LogP contribution is 2.23. The second-order valence-corrected chi connectivity index (χ2v) is 14.8. The second kappa shape index (κ2) is 22.1. The van der Waals surface area contributed by atoms with Gasteiger partial charge >= 0.3 is 5.97 Å². The van der Waals surface area contributed by atoms with Gasteiger partial charge in [-0.1, -0.05) is 72.9 Å². The first-order chi connectivity index (χ1) is 25.0. The summed E-state index contributed by atoms with van der Waals surface area (Å²) in [4.78, 5) is 81.9. The summed E-state index contributed by atoms with van der Waals surface area (Å²) in [5.74, 6) is -4.60. The van der Waals surface area contributed by atoms with Gasteiger partial charge in [0.25, 0.3) is 0 Å². The van der Waals surface area contributed by atoms with Gasteiger partial charge in [0.2, 0.25) is 29.5 Å². The van der Waals surface area contributed by atoms with Crippen LogP contribution in [0.25, 0.3) is 0 Å². The van der Waals surface area contributed by atoms with E-state index in [9.17, 15) is 39.0 Å². The van der Waals surface area contributed by atoms with Crippen LogP contribution in [0.3, 0.4) is 0 Å². The van der Waals surface area contributed by atoms with E-state index in [1.807, 2.05) is 34.6 Å². The van der Waals surface area contributed by atoms with Crippen LogP contribution in [0.2, 0.25) is 0 Å². The van der Waals surface area contributed by atoms with Crippen molar-refractivity contribution in [3.8, 4) is 5.75 Å². The molecule has 1 aliphatic heterocycles. The van der Waals surface area contributed by atoms with E-state index in [0.717, 1.165) is 6.42 Å². The number of carbonyl (C=O) groups is 6. The van der Waals surface area contributed by atoms with Gasteiger partial charge in [0.15, 0.2) is 0 Å². The molecule has 8 atom stereocenters. The smallest absolute Gasteiger partial charge is 0.326 e. The molecule has 8 unspecified atom stereocenters. The summed E-state index contributed by atoms with van der Waals surface area (Å²) >= 11 is 0. The zero-order valence-corrected chi connectivity index (χ0v) is 32.2. The number of likely N-dealkylation sites (tertiary alicyclic amines) is 1. The topological polar surface area (TPSA) is 246 Å². The number of carboxylic acids is 1. The monoisotopic (exact) mass is 745 g/mol. The van der Waals surface area contributed by atoms with E-state index in [2.05, 4.69) is 21.3 Å². The number of nitrogens with two attached hydrogens (primary N) is 2. The SMILES string of the molecule is CCC(C)C(NC(=O)C(Cc1ccc(O)cc1)NC(=O)C1CCCN1C(=O)C(NC(=O)C(N)CCCCN)C(C)CC)C(=O)NC(CC(C)C)C(=O)O. The molecular formula is C38H63N7O8. The maximum Gasteiger partial charge on any atom is 0.326 e. The molecule has 0 bridgehead atoms. The van der Waals surface area contributed by atoms with Crippen molar-refractivity contribution in [2.24, 2.45) is 29.2 Å². The minimum atomic E-state index is -1.20. The first-order valence-corrected chi connectivity index (χ1v) is 19.0. The highest BCUT2D eigenvalue weighted by atomic mass is 16.4. The number of phenols is 1. The van der Waals surface area contributed by atoms with Crippen molar-refractivity contribution in [1.82, 2.24) is 26.2 Å². The normalized spacial score (nSPS) is 18.2. The standard InChI is InChI=1S/C38H63N7O8/c1-7-23(5)31(36(50)42-29(38(52)53)20-22(3)4)43-34(48)28(21-25-14-16-26(46)17-15-25)41-35(49)30-13-11-19-45(30)37(51)32(24(6)8-2)44-33(47)27(40)12-9-10-18-39/h14-17,22-24,27-32,46H,7-13,18-21,39-40H2,1-6H3,(H,41,49)(H,42,50)(H,43,48)(H,44,47)(H,52,53). The molecule has 15 heteroatoms. The molecule has 1 aromatic rings. The maximum atomic E-state index is 14.0. The lowest BCUT2D eigenvalue weighted by Gasteiger charge is -2.33. The predicted octanol–water partition coefficient (Wildman–Crippen LogP) is 1.54. The number of hydrogen-bond donors (Lipinski definition) is 8. The number of aromatic hydroxyl groups is 1. The third-order valence-corrected chi connectivity index (χ3v) is 10.0. The summed E-state index contributed by atoms with van der Waals surface area (Å²) in [5.41, 5.74) is 12.3. The Morgan fingerprint density at radius 2 is 1.43 bits per heavy atom. The maximum absolute atomic E-state index is 14.0. The van der Waals surface area contributed by atoms with Crippen molar-refractivity contribution in [2.45, 2.75) is 136 Å². The van der Waals surface area contributed by atoms with Crippen LogP contribution < -0.4 is 32.7 Å². The fourth-order valence-electron chi connectivity index (χ4n) is 6.32. The molecule has 1 aromatic carbocycles. The average molecular weight is 746 g/mol. The quantitative estimate of drug-likeness (QED) is 0.0796. The van der Waals surface area contributed by atoms with Crippen molar-refractivity contribution >= 4 is 35.5 Å². The van der Waals surface area contributed by atoms with E-state index in [4.69, 9.17) is 11.5 Å². The Morgan fingerprint density at radius 1 is 0.830 bits per heavy atom. The molecule has 5 amide bonds. The van der Waals surface area contributed by atoms with Crippen LogP contribution in [-0.2, 0) is 35.2 Å². The molecule has 298 valence electrons. The Morgan fingerprint density at radius 3 is 2.00 bits per heavy atom. The number of amides is 5. The van der Waals surface area contributed by atoms with E-state index in [0.29, 0.717) is 50.6 Å². The third-order valence-electron chi connectivity index (χ3n) is 10.0. The minimum absolute atomic E-state index is 0.00788. The Hall–Kier alpha value is -4.24. The molecule has 0 aromatic heterocycles. The van der Waals surface area contributed by atoms with E-state index >= 15 is 0 Å². The molecule has 1 heterocycles. The lowest BCUT2D eigenvalue weighted by Crippen LogP contribution is -2.60. The van der Waals surface area contributed by atoms with Crippen molar-refractivity contribution in [1.29, 1.82) is 0 Å². The molecule has 1 fully saturated rings. The number of phenolic OH excluding ortho intramolecular Hbond substituents is 1. The van der Waals surface area contributed by atoms with E-state index in [-0.39, 0.29) is 42.9 Å². The minimum Gasteiger partial charge on any atom is -0.508 e. The Kier molecular flexibility index (Phi) is 18.7. The summed E-state index contributed by atoms with van der Waals surface area (Å²) in [6, 6.07) is -0.00774. The average Bonchev–Trinajstić information content (AvgIpc) is 3.62. The predicted molar refractivity (Wildman–Crippen MR) is 201 cm³/mol. The summed E-state index contributed by atoms with van der Waals surface area (Å²) in [5, 5.41) is 30.5. The van der Waals surface area contributed by atoms with Crippen molar-refractivity contribution < 1.29 is 39.0 Å². The first kappa shape index (κ1) is 44.9. The van der Waals surface area contributed by atoms with E-state index < -0.39 is 71.8 Å². The van der Waals surface area contributed by atoms with Gasteiger partial charge in [0, 0.05) is 13.0 Å². The van der Waals surface area contributed by atoms with Gasteiger partial charge in [-0.05, 0) is 74.1 Å². The summed E-state index contributed by atoms with van der Waals surface area (Å²) < 4.78 is 0. The molecule has 1 aliphatic rings. The molecule has 0 spiro atoms. The lowest BCUT2D eigenvalue weighted by molar-refractivity contribution is -0.143. The molecule has 1 saturated heterocycles. The molecule has 15 nitrogen and oxygen atoms in total. The van der Waals surface area contributed by atoms with Crippen molar-refractivity contribution in [3.05, 3.63) is 29.8 Å². The lowest BCUT2D eigenvalue weighted by atomic mass is 9.96. The Balaban J connectivity index is 2.35. The highest BCUT2D eigenvalue weighted by molar-refractivity contribution is 5.97. The van der Waals surface area contributed by atoms with Gasteiger partial charge in [0.1, 0.15) is 36.0 Å². The largest absolute Gasteiger partial charge is 0.508 e. The summed E-state index contributed by atoms with van der Waals surface area (Å²) in [6.07, 6.45) is 3.92. The zero-order chi connectivity index (χ0) is 39.8. The number of carbonyl (C=O) groups excluding carboxylic acids is 5. The van der Waals surface area contributed by atoms with Crippen LogP contribution in [0.15, 0.2) is 24.3 Å². The van der Waals surface area contributed by atoms with Crippen LogP contribution in [0.1, 0.15) is 98.5 Å². The number of benzene rings is 1. The van der Waals surface area contributed by atoms with Crippen LogP contribution in [0.5, 0.6) is 5.75 Å². The summed E-state index contributed by atoms with van der Waals surface area (Å²) in [6.45, 7) is 11.8. The molecular weight excluding hydrogens is 682 g/mol. The number of unbranched alkanes of at least 4 members (excludes halogenated alkanes) is 1. The second-order valence-electron chi connectivity index (χ2n) is 14.8. The number of nitrogens with zero attached hydrogens (tertiary/aromatic N) is 1. The number of hydrogen-bond acceptors (Lipinski definition) is 9. The van der Waals surface area contributed by atoms with Gasteiger partial charge in [-0.25, -0.2) is 4.79 Å². The van der Waals surface area contributed by atoms with E-state index in [1.54, 1.807) is 19.1 Å². The van der Waals surface area contributed by atoms with Crippen LogP contribution >= 0.6 is 0 Å². The number of carboxylic acid groups (broad SMARTS) is 1.